The molecule has 4 aromatic carbocycles. The Labute approximate surface area is 237 Å². The zero-order valence-corrected chi connectivity index (χ0v) is 23.3. The summed E-state index contributed by atoms with van der Waals surface area (Å²) in [5.74, 6) is 1.23. The van der Waals surface area contributed by atoms with Crippen molar-refractivity contribution in [3.8, 4) is 34.1 Å². The minimum absolute atomic E-state index is 0.207. The van der Waals surface area contributed by atoms with Gasteiger partial charge in [-0.2, -0.15) is 0 Å². The summed E-state index contributed by atoms with van der Waals surface area (Å²) in [4.78, 5) is 23.6. The van der Waals surface area contributed by atoms with Crippen LogP contribution < -0.4 is 18.9 Å². The van der Waals surface area contributed by atoms with Gasteiger partial charge in [0.1, 0.15) is 23.0 Å². The molecule has 200 valence electrons. The molecule has 0 aliphatic rings. The van der Waals surface area contributed by atoms with E-state index in [0.29, 0.717) is 32.7 Å². The number of methoxy groups -OCH3 is 1. The minimum atomic E-state index is -0.898. The molecule has 0 bridgehead atoms. The molecule has 0 saturated carbocycles. The topological polar surface area (TPSA) is 71.1 Å². The SMILES string of the molecule is COc1ccc(C(C)(C)c2ccc(OC(=O)Oc3ccc(-c4ccc(OC(C)=O)cc4Cl)c(Cl)c3)cc2)cc1. The first kappa shape index (κ1) is 28.0. The average Bonchev–Trinajstić information content (AvgIpc) is 2.89. The Balaban J connectivity index is 1.41. The van der Waals surface area contributed by atoms with Gasteiger partial charge >= 0.3 is 12.1 Å². The first-order chi connectivity index (χ1) is 18.6. The first-order valence-corrected chi connectivity index (χ1v) is 12.7. The third kappa shape index (κ3) is 6.72. The van der Waals surface area contributed by atoms with E-state index in [9.17, 15) is 9.59 Å². The van der Waals surface area contributed by atoms with Crippen molar-refractivity contribution in [2.24, 2.45) is 0 Å². The lowest BCUT2D eigenvalue weighted by Crippen LogP contribution is -2.19. The van der Waals surface area contributed by atoms with E-state index in [1.54, 1.807) is 43.5 Å². The smallest absolute Gasteiger partial charge is 0.497 e. The molecule has 0 N–H and O–H groups in total. The summed E-state index contributed by atoms with van der Waals surface area (Å²) >= 11 is 12.8. The van der Waals surface area contributed by atoms with Crippen LogP contribution in [0, 0.1) is 0 Å². The van der Waals surface area contributed by atoms with Crippen LogP contribution in [-0.4, -0.2) is 19.2 Å². The van der Waals surface area contributed by atoms with Gasteiger partial charge in [0.2, 0.25) is 0 Å². The largest absolute Gasteiger partial charge is 0.519 e. The molecule has 0 spiro atoms. The summed E-state index contributed by atoms with van der Waals surface area (Å²) in [6.07, 6.45) is -0.898. The summed E-state index contributed by atoms with van der Waals surface area (Å²) in [5.41, 5.74) is 3.15. The Morgan fingerprint density at radius 2 is 1.03 bits per heavy atom. The van der Waals surface area contributed by atoms with Crippen LogP contribution in [0.5, 0.6) is 23.0 Å². The van der Waals surface area contributed by atoms with Crippen LogP contribution in [-0.2, 0) is 10.2 Å². The zero-order chi connectivity index (χ0) is 28.2. The maximum atomic E-state index is 12.4. The second-order valence-corrected chi connectivity index (χ2v) is 10.0. The van der Waals surface area contributed by atoms with Gasteiger partial charge in [-0.15, -0.1) is 0 Å². The fraction of sp³-hybridized carbons (Fsp3) is 0.161. The molecule has 39 heavy (non-hydrogen) atoms. The van der Waals surface area contributed by atoms with E-state index in [1.165, 1.54) is 19.1 Å². The van der Waals surface area contributed by atoms with Crippen LogP contribution in [0.15, 0.2) is 84.9 Å². The average molecular weight is 565 g/mol. The lowest BCUT2D eigenvalue weighted by molar-refractivity contribution is -0.131. The molecule has 4 aromatic rings. The van der Waals surface area contributed by atoms with Crippen molar-refractivity contribution >= 4 is 35.3 Å². The van der Waals surface area contributed by atoms with Crippen molar-refractivity contribution in [2.75, 3.05) is 7.11 Å². The molecule has 0 saturated heterocycles. The standard InChI is InChI=1S/C31H26Cl2O6/c1-19(34)37-24-13-15-26(28(32)17-24)27-16-14-25(18-29(27)33)39-30(35)38-23-11-7-21(8-12-23)31(2,3)20-5-9-22(36-4)10-6-20/h5-18H,1-4H3. The van der Waals surface area contributed by atoms with Gasteiger partial charge in [-0.1, -0.05) is 61.3 Å². The van der Waals surface area contributed by atoms with Crippen molar-refractivity contribution in [1.29, 1.82) is 0 Å². The van der Waals surface area contributed by atoms with Crippen molar-refractivity contribution in [1.82, 2.24) is 0 Å². The molecule has 0 amide bonds. The van der Waals surface area contributed by atoms with Gasteiger partial charge in [-0.3, -0.25) is 4.79 Å². The van der Waals surface area contributed by atoms with E-state index in [1.807, 2.05) is 36.4 Å². The highest BCUT2D eigenvalue weighted by atomic mass is 35.5. The van der Waals surface area contributed by atoms with E-state index in [2.05, 4.69) is 13.8 Å². The highest BCUT2D eigenvalue weighted by Gasteiger charge is 2.23. The van der Waals surface area contributed by atoms with Crippen LogP contribution in [0.1, 0.15) is 31.9 Å². The molecule has 0 heterocycles. The van der Waals surface area contributed by atoms with Gasteiger partial charge in [0.15, 0.2) is 0 Å². The van der Waals surface area contributed by atoms with Gasteiger partial charge in [0.25, 0.3) is 0 Å². The van der Waals surface area contributed by atoms with Crippen LogP contribution in [0.2, 0.25) is 10.0 Å². The molecule has 0 atom stereocenters. The molecule has 0 aliphatic carbocycles. The summed E-state index contributed by atoms with van der Waals surface area (Å²) < 4.78 is 21.0. The van der Waals surface area contributed by atoms with Gasteiger partial charge in [0, 0.05) is 35.6 Å². The number of carbonyl (C=O) groups is 2. The monoisotopic (exact) mass is 564 g/mol. The zero-order valence-electron chi connectivity index (χ0n) is 21.8. The van der Waals surface area contributed by atoms with Crippen molar-refractivity contribution in [2.45, 2.75) is 26.2 Å². The Hall–Kier alpha value is -4.00. The fourth-order valence-corrected chi connectivity index (χ4v) is 4.59. The molecule has 8 heteroatoms. The molecule has 0 fully saturated rings. The summed E-state index contributed by atoms with van der Waals surface area (Å²) in [6, 6.07) is 24.8. The molecule has 0 radical (unpaired) electrons. The van der Waals surface area contributed by atoms with Crippen LogP contribution in [0.25, 0.3) is 11.1 Å². The number of carbonyl (C=O) groups excluding carboxylic acids is 2. The molecule has 0 aromatic heterocycles. The number of halogens is 2. The van der Waals surface area contributed by atoms with Gasteiger partial charge in [0.05, 0.1) is 17.2 Å². The number of hydrogen-bond acceptors (Lipinski definition) is 6. The van der Waals surface area contributed by atoms with E-state index in [-0.39, 0.29) is 11.2 Å². The predicted molar refractivity (Wildman–Crippen MR) is 151 cm³/mol. The molecular weight excluding hydrogens is 539 g/mol. The number of esters is 1. The molecule has 0 unspecified atom stereocenters. The first-order valence-electron chi connectivity index (χ1n) is 12.0. The van der Waals surface area contributed by atoms with E-state index >= 15 is 0 Å². The predicted octanol–water partition coefficient (Wildman–Crippen LogP) is 8.50. The molecule has 6 nitrogen and oxygen atoms in total. The quantitative estimate of drug-likeness (QED) is 0.127. The highest BCUT2D eigenvalue weighted by molar-refractivity contribution is 6.36. The normalized spacial score (nSPS) is 11.0. The minimum Gasteiger partial charge on any atom is -0.497 e. The van der Waals surface area contributed by atoms with Crippen molar-refractivity contribution < 1.29 is 28.5 Å². The van der Waals surface area contributed by atoms with E-state index in [0.717, 1.165) is 16.9 Å². The number of benzene rings is 4. The van der Waals surface area contributed by atoms with Gasteiger partial charge in [-0.25, -0.2) is 4.79 Å². The number of rotatable bonds is 7. The van der Waals surface area contributed by atoms with Crippen LogP contribution in [0.3, 0.4) is 0 Å². The van der Waals surface area contributed by atoms with Gasteiger partial charge in [-0.05, 0) is 59.7 Å². The Morgan fingerprint density at radius 1 is 0.615 bits per heavy atom. The second-order valence-electron chi connectivity index (χ2n) is 9.21. The van der Waals surface area contributed by atoms with Crippen molar-refractivity contribution in [3.63, 3.8) is 0 Å². The summed E-state index contributed by atoms with van der Waals surface area (Å²) in [6.45, 7) is 5.55. The summed E-state index contributed by atoms with van der Waals surface area (Å²) in [5, 5.41) is 0.662. The maximum Gasteiger partial charge on any atom is 0.519 e. The highest BCUT2D eigenvalue weighted by Crippen LogP contribution is 2.37. The maximum absolute atomic E-state index is 12.4. The van der Waals surface area contributed by atoms with Gasteiger partial charge < -0.3 is 18.9 Å². The Morgan fingerprint density at radius 3 is 1.46 bits per heavy atom. The number of hydrogen-bond donors (Lipinski definition) is 0. The van der Waals surface area contributed by atoms with E-state index in [4.69, 9.17) is 42.1 Å². The lowest BCUT2D eigenvalue weighted by Gasteiger charge is -2.26. The summed E-state index contributed by atoms with van der Waals surface area (Å²) in [7, 11) is 1.64. The Bertz CT molecular complexity index is 1500. The molecule has 0 aliphatic heterocycles. The van der Waals surface area contributed by atoms with E-state index < -0.39 is 12.1 Å². The fourth-order valence-electron chi connectivity index (χ4n) is 4.05. The number of ether oxygens (including phenoxy) is 4. The molecule has 4 rings (SSSR count). The van der Waals surface area contributed by atoms with Crippen LogP contribution >= 0.6 is 23.2 Å². The molecular formula is C31H26Cl2O6. The van der Waals surface area contributed by atoms with Crippen molar-refractivity contribution in [3.05, 3.63) is 106 Å². The third-order valence-corrected chi connectivity index (χ3v) is 6.85. The Kier molecular flexibility index (Phi) is 8.48. The lowest BCUT2D eigenvalue weighted by atomic mass is 9.78. The van der Waals surface area contributed by atoms with Crippen LogP contribution in [0.4, 0.5) is 4.79 Å². The second kappa shape index (κ2) is 11.8. The third-order valence-electron chi connectivity index (χ3n) is 6.22.